The highest BCUT2D eigenvalue weighted by atomic mass is 16.5. The van der Waals surface area contributed by atoms with E-state index in [1.165, 1.54) is 0 Å². The third-order valence-electron chi connectivity index (χ3n) is 1.71. The van der Waals surface area contributed by atoms with Gasteiger partial charge in [-0.1, -0.05) is 0 Å². The summed E-state index contributed by atoms with van der Waals surface area (Å²) in [7, 11) is 1.60. The number of hydrogen-bond donors (Lipinski definition) is 3. The summed E-state index contributed by atoms with van der Waals surface area (Å²) in [4.78, 5) is 0. The zero-order valence-electron chi connectivity index (χ0n) is 7.71. The van der Waals surface area contributed by atoms with Gasteiger partial charge in [0.1, 0.15) is 5.75 Å². The van der Waals surface area contributed by atoms with Crippen molar-refractivity contribution in [3.63, 3.8) is 0 Å². The van der Waals surface area contributed by atoms with Crippen LogP contribution in [-0.2, 0) is 0 Å². The Balaban J connectivity index is 2.74. The molecule has 0 radical (unpaired) electrons. The molecule has 0 unspecified atom stereocenters. The number of benzene rings is 1. The fraction of sp³-hybridized carbons (Fsp3) is 0.333. The summed E-state index contributed by atoms with van der Waals surface area (Å²) in [6.07, 6.45) is 0. The Bertz CT molecular complexity index is 276. The van der Waals surface area contributed by atoms with Crippen molar-refractivity contribution in [1.29, 1.82) is 0 Å². The van der Waals surface area contributed by atoms with Gasteiger partial charge in [0.25, 0.3) is 0 Å². The molecule has 0 aliphatic carbocycles. The molecule has 0 bridgehead atoms. The van der Waals surface area contributed by atoms with E-state index in [0.29, 0.717) is 18.0 Å². The monoisotopic (exact) mass is 181 g/mol. The van der Waals surface area contributed by atoms with E-state index in [1.807, 2.05) is 12.1 Å². The van der Waals surface area contributed by atoms with E-state index in [4.69, 9.17) is 16.2 Å². The van der Waals surface area contributed by atoms with Gasteiger partial charge in [-0.15, -0.1) is 0 Å². The molecule has 72 valence electrons. The molecule has 1 aromatic rings. The molecule has 0 saturated heterocycles. The smallest absolute Gasteiger partial charge is 0.143 e. The van der Waals surface area contributed by atoms with E-state index < -0.39 is 0 Å². The summed E-state index contributed by atoms with van der Waals surface area (Å²) >= 11 is 0. The predicted octanol–water partition coefficient (Wildman–Crippen LogP) is 0.648. The van der Waals surface area contributed by atoms with Crippen LogP contribution in [-0.4, -0.2) is 20.2 Å². The standard InChI is InChI=1S/C9H15N3O/c1-13-9-6-7(12-5-4-10)2-3-8(9)11/h2-3,6,12H,4-5,10-11H2,1H3. The van der Waals surface area contributed by atoms with E-state index in [2.05, 4.69) is 5.32 Å². The lowest BCUT2D eigenvalue weighted by atomic mass is 10.2. The van der Waals surface area contributed by atoms with Crippen LogP contribution in [0.3, 0.4) is 0 Å². The van der Waals surface area contributed by atoms with Crippen molar-refractivity contribution in [3.05, 3.63) is 18.2 Å². The largest absolute Gasteiger partial charge is 0.495 e. The zero-order chi connectivity index (χ0) is 9.68. The minimum Gasteiger partial charge on any atom is -0.495 e. The van der Waals surface area contributed by atoms with Crippen molar-refractivity contribution in [2.24, 2.45) is 5.73 Å². The third kappa shape index (κ3) is 2.52. The molecule has 13 heavy (non-hydrogen) atoms. The minimum absolute atomic E-state index is 0.604. The van der Waals surface area contributed by atoms with E-state index in [9.17, 15) is 0 Å². The van der Waals surface area contributed by atoms with Crippen LogP contribution in [0.5, 0.6) is 5.75 Å². The summed E-state index contributed by atoms with van der Waals surface area (Å²) in [6, 6.07) is 5.55. The molecular formula is C9H15N3O. The molecule has 0 amide bonds. The van der Waals surface area contributed by atoms with Crippen molar-refractivity contribution in [2.75, 3.05) is 31.2 Å². The first-order valence-electron chi connectivity index (χ1n) is 4.15. The van der Waals surface area contributed by atoms with Gasteiger partial charge in [0.15, 0.2) is 0 Å². The topological polar surface area (TPSA) is 73.3 Å². The second kappa shape index (κ2) is 4.57. The quantitative estimate of drug-likeness (QED) is 0.596. The van der Waals surface area contributed by atoms with Gasteiger partial charge in [0.05, 0.1) is 12.8 Å². The third-order valence-corrected chi connectivity index (χ3v) is 1.71. The van der Waals surface area contributed by atoms with Crippen LogP contribution in [0.1, 0.15) is 0 Å². The molecule has 0 spiro atoms. The highest BCUT2D eigenvalue weighted by Gasteiger charge is 1.99. The van der Waals surface area contributed by atoms with Gasteiger partial charge in [0.2, 0.25) is 0 Å². The van der Waals surface area contributed by atoms with Gasteiger partial charge >= 0.3 is 0 Å². The summed E-state index contributed by atoms with van der Waals surface area (Å²) in [5.41, 5.74) is 12.6. The number of anilines is 2. The van der Waals surface area contributed by atoms with Crippen molar-refractivity contribution in [1.82, 2.24) is 0 Å². The van der Waals surface area contributed by atoms with E-state index in [-0.39, 0.29) is 0 Å². The molecule has 1 rings (SSSR count). The Morgan fingerprint density at radius 2 is 2.23 bits per heavy atom. The number of nitrogen functional groups attached to an aromatic ring is 1. The molecule has 5 N–H and O–H groups in total. The van der Waals surface area contributed by atoms with Crippen LogP contribution in [0.25, 0.3) is 0 Å². The minimum atomic E-state index is 0.604. The maximum atomic E-state index is 5.65. The molecule has 0 aliphatic heterocycles. The van der Waals surface area contributed by atoms with E-state index in [1.54, 1.807) is 13.2 Å². The number of nitrogens with one attached hydrogen (secondary N) is 1. The molecule has 0 aliphatic rings. The molecule has 0 heterocycles. The normalized spacial score (nSPS) is 9.69. The first-order chi connectivity index (χ1) is 6.27. The average Bonchev–Trinajstić information content (AvgIpc) is 2.16. The van der Waals surface area contributed by atoms with Gasteiger partial charge in [-0.3, -0.25) is 0 Å². The number of nitrogens with two attached hydrogens (primary N) is 2. The Hall–Kier alpha value is -1.42. The fourth-order valence-electron chi connectivity index (χ4n) is 1.04. The van der Waals surface area contributed by atoms with Crippen LogP contribution >= 0.6 is 0 Å². The second-order valence-corrected chi connectivity index (χ2v) is 2.67. The van der Waals surface area contributed by atoms with Gasteiger partial charge in [-0.2, -0.15) is 0 Å². The molecule has 0 saturated carbocycles. The lowest BCUT2D eigenvalue weighted by molar-refractivity contribution is 0.417. The Kier molecular flexibility index (Phi) is 3.40. The first kappa shape index (κ1) is 9.67. The van der Waals surface area contributed by atoms with E-state index in [0.717, 1.165) is 12.2 Å². The molecule has 0 atom stereocenters. The Labute approximate surface area is 77.9 Å². The van der Waals surface area contributed by atoms with Gasteiger partial charge < -0.3 is 21.5 Å². The number of ether oxygens (including phenoxy) is 1. The highest BCUT2D eigenvalue weighted by Crippen LogP contribution is 2.24. The first-order valence-corrected chi connectivity index (χ1v) is 4.15. The highest BCUT2D eigenvalue weighted by molar-refractivity contribution is 5.61. The zero-order valence-corrected chi connectivity index (χ0v) is 7.71. The maximum Gasteiger partial charge on any atom is 0.143 e. The van der Waals surface area contributed by atoms with Crippen molar-refractivity contribution in [2.45, 2.75) is 0 Å². The van der Waals surface area contributed by atoms with Gasteiger partial charge in [-0.05, 0) is 12.1 Å². The number of methoxy groups -OCH3 is 1. The Morgan fingerprint density at radius 1 is 1.46 bits per heavy atom. The Morgan fingerprint density at radius 3 is 2.85 bits per heavy atom. The molecule has 1 aromatic carbocycles. The van der Waals surface area contributed by atoms with E-state index >= 15 is 0 Å². The molecular weight excluding hydrogens is 166 g/mol. The maximum absolute atomic E-state index is 5.65. The molecule has 4 nitrogen and oxygen atoms in total. The summed E-state index contributed by atoms with van der Waals surface area (Å²) < 4.78 is 5.07. The second-order valence-electron chi connectivity index (χ2n) is 2.67. The number of rotatable bonds is 4. The summed E-state index contributed by atoms with van der Waals surface area (Å²) in [5.74, 6) is 0.682. The molecule has 4 heteroatoms. The van der Waals surface area contributed by atoms with Crippen molar-refractivity contribution in [3.8, 4) is 5.75 Å². The van der Waals surface area contributed by atoms with Gasteiger partial charge in [-0.25, -0.2) is 0 Å². The summed E-state index contributed by atoms with van der Waals surface area (Å²) in [5, 5.41) is 3.14. The van der Waals surface area contributed by atoms with Crippen LogP contribution in [0, 0.1) is 0 Å². The van der Waals surface area contributed by atoms with Crippen LogP contribution < -0.4 is 21.5 Å². The molecule has 0 fully saturated rings. The van der Waals surface area contributed by atoms with Crippen LogP contribution in [0.4, 0.5) is 11.4 Å². The SMILES string of the molecule is COc1cc(NCCN)ccc1N. The van der Waals surface area contributed by atoms with Crippen molar-refractivity contribution < 1.29 is 4.74 Å². The fourth-order valence-corrected chi connectivity index (χ4v) is 1.04. The molecule has 0 aromatic heterocycles. The lowest BCUT2D eigenvalue weighted by Gasteiger charge is -2.08. The van der Waals surface area contributed by atoms with Crippen LogP contribution in [0.15, 0.2) is 18.2 Å². The number of hydrogen-bond acceptors (Lipinski definition) is 4. The predicted molar refractivity (Wildman–Crippen MR) is 55.0 cm³/mol. The summed E-state index contributed by atoms with van der Waals surface area (Å²) in [6.45, 7) is 1.35. The van der Waals surface area contributed by atoms with Gasteiger partial charge in [0, 0.05) is 24.8 Å². The average molecular weight is 181 g/mol. The lowest BCUT2D eigenvalue weighted by Crippen LogP contribution is -2.13. The van der Waals surface area contributed by atoms with Crippen LogP contribution in [0.2, 0.25) is 0 Å². The van der Waals surface area contributed by atoms with Crippen molar-refractivity contribution >= 4 is 11.4 Å².